The number of rotatable bonds is 5. The van der Waals surface area contributed by atoms with Crippen LogP contribution in [0.5, 0.6) is 0 Å². The zero-order valence-electron chi connectivity index (χ0n) is 8.22. The van der Waals surface area contributed by atoms with Crippen molar-refractivity contribution in [1.82, 2.24) is 9.78 Å². The Hall–Kier alpha value is -1.36. The SMILES string of the molecule is COC(=O)C(CN)CCn1cccn1. The molecular weight excluding hydrogens is 182 g/mol. The van der Waals surface area contributed by atoms with Crippen molar-refractivity contribution >= 4 is 5.97 Å². The molecule has 5 heteroatoms. The molecule has 0 aliphatic heterocycles. The maximum Gasteiger partial charge on any atom is 0.310 e. The number of esters is 1. The van der Waals surface area contributed by atoms with E-state index >= 15 is 0 Å². The van der Waals surface area contributed by atoms with E-state index in [1.807, 2.05) is 12.3 Å². The molecule has 78 valence electrons. The summed E-state index contributed by atoms with van der Waals surface area (Å²) >= 11 is 0. The number of aromatic nitrogens is 2. The minimum absolute atomic E-state index is 0.232. The summed E-state index contributed by atoms with van der Waals surface area (Å²) < 4.78 is 6.39. The topological polar surface area (TPSA) is 70.1 Å². The molecule has 1 aromatic heterocycles. The summed E-state index contributed by atoms with van der Waals surface area (Å²) in [6, 6.07) is 1.84. The van der Waals surface area contributed by atoms with Crippen LogP contribution in [0.2, 0.25) is 0 Å². The highest BCUT2D eigenvalue weighted by atomic mass is 16.5. The predicted molar refractivity (Wildman–Crippen MR) is 51.4 cm³/mol. The van der Waals surface area contributed by atoms with Crippen LogP contribution in [-0.2, 0) is 16.1 Å². The van der Waals surface area contributed by atoms with Crippen molar-refractivity contribution in [2.45, 2.75) is 13.0 Å². The van der Waals surface area contributed by atoms with Gasteiger partial charge in [-0.1, -0.05) is 0 Å². The maximum absolute atomic E-state index is 11.2. The summed E-state index contributed by atoms with van der Waals surface area (Å²) in [5, 5.41) is 4.03. The molecular formula is C9H15N3O2. The first-order valence-electron chi connectivity index (χ1n) is 4.53. The number of methoxy groups -OCH3 is 1. The molecule has 1 rings (SSSR count). The fourth-order valence-electron chi connectivity index (χ4n) is 1.22. The molecule has 1 unspecified atom stereocenters. The van der Waals surface area contributed by atoms with Crippen molar-refractivity contribution in [2.24, 2.45) is 11.7 Å². The Morgan fingerprint density at radius 2 is 2.50 bits per heavy atom. The second kappa shape index (κ2) is 5.39. The van der Waals surface area contributed by atoms with Crippen LogP contribution in [0.3, 0.4) is 0 Å². The zero-order chi connectivity index (χ0) is 10.4. The molecule has 1 atom stereocenters. The predicted octanol–water partition coefficient (Wildman–Crippen LogP) is 0.0211. The fraction of sp³-hybridized carbons (Fsp3) is 0.556. The Morgan fingerprint density at radius 3 is 3.00 bits per heavy atom. The van der Waals surface area contributed by atoms with Gasteiger partial charge < -0.3 is 10.5 Å². The highest BCUT2D eigenvalue weighted by molar-refractivity contribution is 5.72. The zero-order valence-corrected chi connectivity index (χ0v) is 8.22. The minimum atomic E-state index is -0.250. The van der Waals surface area contributed by atoms with E-state index in [0.29, 0.717) is 19.5 Å². The van der Waals surface area contributed by atoms with E-state index in [2.05, 4.69) is 9.84 Å². The number of hydrogen-bond donors (Lipinski definition) is 1. The van der Waals surface area contributed by atoms with Gasteiger partial charge in [0.2, 0.25) is 0 Å². The molecule has 0 spiro atoms. The van der Waals surface area contributed by atoms with Crippen LogP contribution >= 0.6 is 0 Å². The normalized spacial score (nSPS) is 12.4. The fourth-order valence-corrected chi connectivity index (χ4v) is 1.22. The Bertz CT molecular complexity index is 272. The molecule has 1 aromatic rings. The lowest BCUT2D eigenvalue weighted by atomic mass is 10.1. The van der Waals surface area contributed by atoms with Gasteiger partial charge in [-0.2, -0.15) is 5.10 Å². The number of carbonyl (C=O) groups is 1. The van der Waals surface area contributed by atoms with Crippen molar-refractivity contribution in [2.75, 3.05) is 13.7 Å². The standard InChI is InChI=1S/C9H15N3O2/c1-14-9(13)8(7-10)3-6-12-5-2-4-11-12/h2,4-5,8H,3,6-7,10H2,1H3. The molecule has 2 N–H and O–H groups in total. The van der Waals surface area contributed by atoms with Gasteiger partial charge in [-0.05, 0) is 12.5 Å². The maximum atomic E-state index is 11.2. The summed E-state index contributed by atoms with van der Waals surface area (Å²) in [7, 11) is 1.37. The van der Waals surface area contributed by atoms with Gasteiger partial charge in [0.05, 0.1) is 13.0 Å². The van der Waals surface area contributed by atoms with Crippen LogP contribution in [0.4, 0.5) is 0 Å². The number of hydrogen-bond acceptors (Lipinski definition) is 4. The highest BCUT2D eigenvalue weighted by Crippen LogP contribution is 2.05. The van der Waals surface area contributed by atoms with Crippen LogP contribution in [0.15, 0.2) is 18.5 Å². The number of nitrogens with zero attached hydrogens (tertiary/aromatic N) is 2. The molecule has 0 aliphatic carbocycles. The molecule has 0 amide bonds. The lowest BCUT2D eigenvalue weighted by Crippen LogP contribution is -2.26. The monoisotopic (exact) mass is 197 g/mol. The van der Waals surface area contributed by atoms with E-state index in [0.717, 1.165) is 0 Å². The molecule has 0 bridgehead atoms. The van der Waals surface area contributed by atoms with Gasteiger partial charge in [-0.3, -0.25) is 9.48 Å². The quantitative estimate of drug-likeness (QED) is 0.676. The molecule has 14 heavy (non-hydrogen) atoms. The molecule has 0 aromatic carbocycles. The van der Waals surface area contributed by atoms with Crippen molar-refractivity contribution in [3.63, 3.8) is 0 Å². The second-order valence-corrected chi connectivity index (χ2v) is 3.01. The Morgan fingerprint density at radius 1 is 1.71 bits per heavy atom. The van der Waals surface area contributed by atoms with Crippen molar-refractivity contribution in [3.8, 4) is 0 Å². The Balaban J connectivity index is 2.38. The lowest BCUT2D eigenvalue weighted by molar-refractivity contribution is -0.145. The molecule has 0 saturated heterocycles. The van der Waals surface area contributed by atoms with E-state index < -0.39 is 0 Å². The summed E-state index contributed by atoms with van der Waals surface area (Å²) in [4.78, 5) is 11.2. The first kappa shape index (κ1) is 10.7. The molecule has 0 fully saturated rings. The molecule has 0 aliphatic rings. The van der Waals surface area contributed by atoms with Crippen LogP contribution in [-0.4, -0.2) is 29.4 Å². The number of ether oxygens (including phenoxy) is 1. The van der Waals surface area contributed by atoms with E-state index in [1.165, 1.54) is 7.11 Å². The van der Waals surface area contributed by atoms with Gasteiger partial charge in [0.15, 0.2) is 0 Å². The molecule has 5 nitrogen and oxygen atoms in total. The average molecular weight is 197 g/mol. The Kier molecular flexibility index (Phi) is 4.12. The van der Waals surface area contributed by atoms with Gasteiger partial charge >= 0.3 is 5.97 Å². The van der Waals surface area contributed by atoms with E-state index in [1.54, 1.807) is 10.9 Å². The smallest absolute Gasteiger partial charge is 0.310 e. The largest absolute Gasteiger partial charge is 0.469 e. The molecule has 0 radical (unpaired) electrons. The molecule has 0 saturated carbocycles. The summed E-state index contributed by atoms with van der Waals surface area (Å²) in [5.74, 6) is -0.483. The number of aryl methyl sites for hydroxylation is 1. The first-order chi connectivity index (χ1) is 6.77. The van der Waals surface area contributed by atoms with E-state index in [-0.39, 0.29) is 11.9 Å². The van der Waals surface area contributed by atoms with Gasteiger partial charge in [0.25, 0.3) is 0 Å². The van der Waals surface area contributed by atoms with Crippen LogP contribution < -0.4 is 5.73 Å². The summed E-state index contributed by atoms with van der Waals surface area (Å²) in [5.41, 5.74) is 5.46. The first-order valence-corrected chi connectivity index (χ1v) is 4.53. The van der Waals surface area contributed by atoms with Gasteiger partial charge in [0, 0.05) is 25.5 Å². The third-order valence-electron chi connectivity index (χ3n) is 2.08. The average Bonchev–Trinajstić information content (AvgIpc) is 2.71. The van der Waals surface area contributed by atoms with Crippen molar-refractivity contribution in [3.05, 3.63) is 18.5 Å². The summed E-state index contributed by atoms with van der Waals surface area (Å²) in [6.45, 7) is 0.998. The highest BCUT2D eigenvalue weighted by Gasteiger charge is 2.16. The van der Waals surface area contributed by atoms with Gasteiger partial charge in [-0.25, -0.2) is 0 Å². The van der Waals surface area contributed by atoms with Crippen molar-refractivity contribution < 1.29 is 9.53 Å². The van der Waals surface area contributed by atoms with E-state index in [9.17, 15) is 4.79 Å². The van der Waals surface area contributed by atoms with Crippen molar-refractivity contribution in [1.29, 1.82) is 0 Å². The number of carbonyl (C=O) groups excluding carboxylic acids is 1. The second-order valence-electron chi connectivity index (χ2n) is 3.01. The lowest BCUT2D eigenvalue weighted by Gasteiger charge is -2.11. The number of nitrogens with two attached hydrogens (primary N) is 1. The Labute approximate surface area is 82.8 Å². The minimum Gasteiger partial charge on any atom is -0.469 e. The summed E-state index contributed by atoms with van der Waals surface area (Å²) in [6.07, 6.45) is 4.21. The van der Waals surface area contributed by atoms with Gasteiger partial charge in [-0.15, -0.1) is 0 Å². The van der Waals surface area contributed by atoms with Gasteiger partial charge in [0.1, 0.15) is 0 Å². The van der Waals surface area contributed by atoms with Crippen LogP contribution in [0.1, 0.15) is 6.42 Å². The van der Waals surface area contributed by atoms with E-state index in [4.69, 9.17) is 5.73 Å². The van der Waals surface area contributed by atoms with Crippen LogP contribution in [0, 0.1) is 5.92 Å². The molecule has 1 heterocycles. The van der Waals surface area contributed by atoms with Crippen LogP contribution in [0.25, 0.3) is 0 Å². The third kappa shape index (κ3) is 2.85. The third-order valence-corrected chi connectivity index (χ3v) is 2.08.